The summed E-state index contributed by atoms with van der Waals surface area (Å²) in [6.07, 6.45) is 6.66. The fourth-order valence-corrected chi connectivity index (χ4v) is 5.60. The molecule has 0 radical (unpaired) electrons. The first-order chi connectivity index (χ1) is 15.8. The van der Waals surface area contributed by atoms with Gasteiger partial charge in [-0.1, -0.05) is 91.5 Å². The van der Waals surface area contributed by atoms with Gasteiger partial charge in [0.2, 0.25) is 0 Å². The SMILES string of the molecule is Clc1ccc(-c2csc(N(CC3CCCCC3)c3ccccc3-c3ccccc3)n2)cc1. The number of anilines is 2. The fourth-order valence-electron chi connectivity index (χ4n) is 4.62. The molecule has 0 atom stereocenters. The number of rotatable bonds is 6. The first kappa shape index (κ1) is 21.2. The van der Waals surface area contributed by atoms with E-state index in [-0.39, 0.29) is 0 Å². The molecule has 0 saturated heterocycles. The molecule has 1 aliphatic carbocycles. The summed E-state index contributed by atoms with van der Waals surface area (Å²) in [5.41, 5.74) is 5.85. The van der Waals surface area contributed by atoms with Crippen molar-refractivity contribution in [3.05, 3.63) is 89.3 Å². The first-order valence-electron chi connectivity index (χ1n) is 11.4. The molecule has 0 spiro atoms. The second kappa shape index (κ2) is 9.89. The highest BCUT2D eigenvalue weighted by atomic mass is 35.5. The van der Waals surface area contributed by atoms with Gasteiger partial charge in [0, 0.05) is 28.1 Å². The Labute approximate surface area is 199 Å². The minimum atomic E-state index is 0.704. The van der Waals surface area contributed by atoms with Crippen molar-refractivity contribution in [1.82, 2.24) is 4.98 Å². The van der Waals surface area contributed by atoms with Gasteiger partial charge in [0.1, 0.15) is 0 Å². The highest BCUT2D eigenvalue weighted by Gasteiger charge is 2.23. The van der Waals surface area contributed by atoms with E-state index in [0.717, 1.165) is 28.0 Å². The Morgan fingerprint density at radius 1 is 0.812 bits per heavy atom. The molecule has 1 heterocycles. The van der Waals surface area contributed by atoms with E-state index >= 15 is 0 Å². The van der Waals surface area contributed by atoms with Crippen LogP contribution in [0.2, 0.25) is 5.02 Å². The third-order valence-corrected chi connectivity index (χ3v) is 7.42. The largest absolute Gasteiger partial charge is 0.317 e. The van der Waals surface area contributed by atoms with Crippen molar-refractivity contribution < 1.29 is 0 Å². The Balaban J connectivity index is 1.55. The summed E-state index contributed by atoms with van der Waals surface area (Å²) in [5, 5.41) is 3.97. The van der Waals surface area contributed by atoms with Crippen molar-refractivity contribution in [3.8, 4) is 22.4 Å². The van der Waals surface area contributed by atoms with Crippen LogP contribution < -0.4 is 4.90 Å². The molecule has 0 bridgehead atoms. The number of benzene rings is 3. The number of aromatic nitrogens is 1. The normalized spacial score (nSPS) is 14.4. The number of hydrogen-bond acceptors (Lipinski definition) is 3. The van der Waals surface area contributed by atoms with Gasteiger partial charge in [-0.05, 0) is 42.5 Å². The lowest BCUT2D eigenvalue weighted by atomic mass is 9.88. The lowest BCUT2D eigenvalue weighted by Gasteiger charge is -2.31. The molecule has 1 fully saturated rings. The Morgan fingerprint density at radius 3 is 2.31 bits per heavy atom. The van der Waals surface area contributed by atoms with Crippen LogP contribution >= 0.6 is 22.9 Å². The van der Waals surface area contributed by atoms with Crippen molar-refractivity contribution in [3.63, 3.8) is 0 Å². The van der Waals surface area contributed by atoms with Gasteiger partial charge < -0.3 is 4.90 Å². The van der Waals surface area contributed by atoms with Gasteiger partial charge in [-0.25, -0.2) is 4.98 Å². The van der Waals surface area contributed by atoms with Crippen molar-refractivity contribution in [2.45, 2.75) is 32.1 Å². The van der Waals surface area contributed by atoms with E-state index in [1.165, 1.54) is 48.9 Å². The zero-order valence-electron chi connectivity index (χ0n) is 18.1. The maximum atomic E-state index is 6.09. The van der Waals surface area contributed by atoms with Gasteiger partial charge >= 0.3 is 0 Å². The molecule has 0 aliphatic heterocycles. The lowest BCUT2D eigenvalue weighted by Crippen LogP contribution is -2.27. The van der Waals surface area contributed by atoms with Crippen molar-refractivity contribution in [2.24, 2.45) is 5.92 Å². The summed E-state index contributed by atoms with van der Waals surface area (Å²) >= 11 is 7.82. The van der Waals surface area contributed by atoms with Gasteiger partial charge in [0.15, 0.2) is 5.13 Å². The second-order valence-electron chi connectivity index (χ2n) is 8.52. The highest BCUT2D eigenvalue weighted by Crippen LogP contribution is 2.39. The van der Waals surface area contributed by atoms with Crippen LogP contribution in [-0.4, -0.2) is 11.5 Å². The monoisotopic (exact) mass is 458 g/mol. The van der Waals surface area contributed by atoms with Gasteiger partial charge in [0.25, 0.3) is 0 Å². The number of hydrogen-bond donors (Lipinski definition) is 0. The third kappa shape index (κ3) is 4.74. The number of thiazole rings is 1. The molecule has 32 heavy (non-hydrogen) atoms. The molecule has 1 aromatic heterocycles. The zero-order chi connectivity index (χ0) is 21.8. The van der Waals surface area contributed by atoms with Crippen LogP contribution in [0, 0.1) is 5.92 Å². The predicted octanol–water partition coefficient (Wildman–Crippen LogP) is 8.85. The molecule has 2 nitrogen and oxygen atoms in total. The molecular weight excluding hydrogens is 432 g/mol. The summed E-state index contributed by atoms with van der Waals surface area (Å²) in [6, 6.07) is 27.4. The van der Waals surface area contributed by atoms with Crippen LogP contribution in [0.5, 0.6) is 0 Å². The first-order valence-corrected chi connectivity index (χ1v) is 12.7. The van der Waals surface area contributed by atoms with Crippen LogP contribution in [0.4, 0.5) is 10.8 Å². The summed E-state index contributed by atoms with van der Waals surface area (Å²) < 4.78 is 0. The van der Waals surface area contributed by atoms with E-state index in [0.29, 0.717) is 5.92 Å². The predicted molar refractivity (Wildman–Crippen MR) is 138 cm³/mol. The Kier molecular flexibility index (Phi) is 6.56. The molecule has 4 heteroatoms. The van der Waals surface area contributed by atoms with Gasteiger partial charge in [-0.3, -0.25) is 0 Å². The molecular formula is C28H27ClN2S. The summed E-state index contributed by atoms with van der Waals surface area (Å²) in [7, 11) is 0. The topological polar surface area (TPSA) is 16.1 Å². The third-order valence-electron chi connectivity index (χ3n) is 6.31. The Morgan fingerprint density at radius 2 is 1.53 bits per heavy atom. The van der Waals surface area contributed by atoms with Crippen LogP contribution in [0.3, 0.4) is 0 Å². The van der Waals surface area contributed by atoms with E-state index in [9.17, 15) is 0 Å². The second-order valence-corrected chi connectivity index (χ2v) is 9.79. The quantitative estimate of drug-likeness (QED) is 0.287. The summed E-state index contributed by atoms with van der Waals surface area (Å²) in [4.78, 5) is 7.55. The Bertz CT molecular complexity index is 1150. The minimum Gasteiger partial charge on any atom is -0.317 e. The average Bonchev–Trinajstić information content (AvgIpc) is 3.34. The van der Waals surface area contributed by atoms with Crippen LogP contribution in [0.15, 0.2) is 84.2 Å². The number of halogens is 1. The molecule has 0 N–H and O–H groups in total. The number of nitrogens with zero attached hydrogens (tertiary/aromatic N) is 2. The molecule has 1 aliphatic rings. The van der Waals surface area contributed by atoms with Gasteiger partial charge in [-0.2, -0.15) is 0 Å². The van der Waals surface area contributed by atoms with Crippen LogP contribution in [-0.2, 0) is 0 Å². The summed E-state index contributed by atoms with van der Waals surface area (Å²) in [5.74, 6) is 0.704. The van der Waals surface area contributed by atoms with E-state index in [1.807, 2.05) is 24.3 Å². The standard InChI is InChI=1S/C28H27ClN2S/c29-24-17-15-23(16-18-24)26-20-32-28(30-26)31(19-21-9-3-1-4-10-21)27-14-8-7-13-25(27)22-11-5-2-6-12-22/h2,5-8,11-18,20-21H,1,3-4,9-10,19H2. The van der Waals surface area contributed by atoms with E-state index in [4.69, 9.17) is 16.6 Å². The van der Waals surface area contributed by atoms with Crippen molar-refractivity contribution in [2.75, 3.05) is 11.4 Å². The van der Waals surface area contributed by atoms with E-state index < -0.39 is 0 Å². The smallest absolute Gasteiger partial charge is 0.190 e. The average molecular weight is 459 g/mol. The van der Waals surface area contributed by atoms with Gasteiger partial charge in [0.05, 0.1) is 11.4 Å². The van der Waals surface area contributed by atoms with E-state index in [1.54, 1.807) is 11.3 Å². The Hall–Kier alpha value is -2.62. The molecule has 1 saturated carbocycles. The summed E-state index contributed by atoms with van der Waals surface area (Å²) in [6.45, 7) is 1.01. The lowest BCUT2D eigenvalue weighted by molar-refractivity contribution is 0.365. The van der Waals surface area contributed by atoms with Crippen molar-refractivity contribution >= 4 is 33.8 Å². The minimum absolute atomic E-state index is 0.704. The van der Waals surface area contributed by atoms with Crippen LogP contribution in [0.25, 0.3) is 22.4 Å². The van der Waals surface area contributed by atoms with Gasteiger partial charge in [-0.15, -0.1) is 11.3 Å². The highest BCUT2D eigenvalue weighted by molar-refractivity contribution is 7.14. The zero-order valence-corrected chi connectivity index (χ0v) is 19.7. The molecule has 0 unspecified atom stereocenters. The maximum absolute atomic E-state index is 6.09. The molecule has 4 aromatic rings. The molecule has 5 rings (SSSR count). The fraction of sp³-hybridized carbons (Fsp3) is 0.250. The van der Waals surface area contributed by atoms with Crippen LogP contribution in [0.1, 0.15) is 32.1 Å². The number of para-hydroxylation sites is 1. The maximum Gasteiger partial charge on any atom is 0.190 e. The molecule has 162 valence electrons. The van der Waals surface area contributed by atoms with Crippen molar-refractivity contribution in [1.29, 1.82) is 0 Å². The van der Waals surface area contributed by atoms with E-state index in [2.05, 4.69) is 64.9 Å². The molecule has 3 aromatic carbocycles. The molecule has 0 amide bonds.